The second-order valence-corrected chi connectivity index (χ2v) is 4.44. The van der Waals surface area contributed by atoms with Crippen LogP contribution in [0, 0.1) is 24.1 Å². The van der Waals surface area contributed by atoms with Gasteiger partial charge in [0.15, 0.2) is 0 Å². The number of nitriles is 1. The molecule has 0 saturated heterocycles. The van der Waals surface area contributed by atoms with Gasteiger partial charge in [0.2, 0.25) is 0 Å². The van der Waals surface area contributed by atoms with Gasteiger partial charge in [0.25, 0.3) is 5.91 Å². The number of carbonyl (C=O) groups excluding carboxylic acids is 1. The molecule has 4 nitrogen and oxygen atoms in total. The maximum absolute atomic E-state index is 13.4. The summed E-state index contributed by atoms with van der Waals surface area (Å²) in [6.07, 6.45) is 2.84. The average molecular weight is 284 g/mol. The molecule has 0 bridgehead atoms. The summed E-state index contributed by atoms with van der Waals surface area (Å²) in [6, 6.07) is 9.76. The van der Waals surface area contributed by atoms with E-state index in [2.05, 4.69) is 5.32 Å². The van der Waals surface area contributed by atoms with Crippen LogP contribution in [-0.2, 0) is 11.3 Å². The van der Waals surface area contributed by atoms with Gasteiger partial charge in [-0.15, -0.1) is 0 Å². The fraction of sp³-hybridized carbons (Fsp3) is 0.125. The highest BCUT2D eigenvalue weighted by molar-refractivity contribution is 6.01. The number of rotatable bonds is 4. The molecule has 0 aliphatic heterocycles. The zero-order valence-electron chi connectivity index (χ0n) is 11.4. The van der Waals surface area contributed by atoms with Crippen molar-refractivity contribution < 1.29 is 13.6 Å². The second-order valence-electron chi connectivity index (χ2n) is 4.44. The van der Waals surface area contributed by atoms with Crippen molar-refractivity contribution in [3.05, 3.63) is 64.9 Å². The van der Waals surface area contributed by atoms with Crippen molar-refractivity contribution in [3.8, 4) is 6.07 Å². The second kappa shape index (κ2) is 6.53. The number of halogens is 1. The quantitative estimate of drug-likeness (QED) is 0.693. The molecule has 2 rings (SSSR count). The highest BCUT2D eigenvalue weighted by Gasteiger charge is 2.10. The first kappa shape index (κ1) is 14.5. The highest BCUT2D eigenvalue weighted by atomic mass is 19.1. The molecule has 0 unspecified atom stereocenters. The smallest absolute Gasteiger partial charge is 0.262 e. The third-order valence-electron chi connectivity index (χ3n) is 2.88. The zero-order valence-corrected chi connectivity index (χ0v) is 11.4. The Labute approximate surface area is 121 Å². The van der Waals surface area contributed by atoms with Crippen LogP contribution in [-0.4, -0.2) is 5.91 Å². The van der Waals surface area contributed by atoms with Crippen LogP contribution in [0.3, 0.4) is 0 Å². The van der Waals surface area contributed by atoms with E-state index in [4.69, 9.17) is 9.68 Å². The SMILES string of the molecule is Cc1ccc(/C=C(\C#N)C(=O)NCc2ccco2)cc1F. The van der Waals surface area contributed by atoms with E-state index in [0.717, 1.165) is 0 Å². The molecule has 0 radical (unpaired) electrons. The van der Waals surface area contributed by atoms with Crippen LogP contribution in [0.5, 0.6) is 0 Å². The first-order chi connectivity index (χ1) is 10.1. The highest BCUT2D eigenvalue weighted by Crippen LogP contribution is 2.12. The third-order valence-corrected chi connectivity index (χ3v) is 2.88. The van der Waals surface area contributed by atoms with Crippen LogP contribution in [0.2, 0.25) is 0 Å². The number of nitrogens with zero attached hydrogens (tertiary/aromatic N) is 1. The van der Waals surface area contributed by atoms with Gasteiger partial charge in [-0.2, -0.15) is 5.26 Å². The minimum Gasteiger partial charge on any atom is -0.467 e. The van der Waals surface area contributed by atoms with Gasteiger partial charge in [-0.05, 0) is 42.3 Å². The van der Waals surface area contributed by atoms with Crippen LogP contribution in [0.25, 0.3) is 6.08 Å². The number of amides is 1. The van der Waals surface area contributed by atoms with Gasteiger partial charge in [0.1, 0.15) is 23.2 Å². The Bertz CT molecular complexity index is 712. The Morgan fingerprint density at radius 2 is 2.29 bits per heavy atom. The van der Waals surface area contributed by atoms with Gasteiger partial charge in [-0.3, -0.25) is 4.79 Å². The number of carbonyl (C=O) groups is 1. The van der Waals surface area contributed by atoms with Crippen molar-refractivity contribution in [1.29, 1.82) is 5.26 Å². The van der Waals surface area contributed by atoms with Crippen LogP contribution in [0.4, 0.5) is 4.39 Å². The van der Waals surface area contributed by atoms with Crippen LogP contribution < -0.4 is 5.32 Å². The Morgan fingerprint density at radius 1 is 1.48 bits per heavy atom. The van der Waals surface area contributed by atoms with E-state index in [9.17, 15) is 9.18 Å². The number of furan rings is 1. The maximum Gasteiger partial charge on any atom is 0.262 e. The summed E-state index contributed by atoms with van der Waals surface area (Å²) in [7, 11) is 0. The number of benzene rings is 1. The van der Waals surface area contributed by atoms with Crippen molar-refractivity contribution in [3.63, 3.8) is 0 Å². The molecule has 0 spiro atoms. The Balaban J connectivity index is 2.10. The first-order valence-corrected chi connectivity index (χ1v) is 6.28. The molecule has 5 heteroatoms. The number of aryl methyl sites for hydroxylation is 1. The predicted molar refractivity (Wildman–Crippen MR) is 75.3 cm³/mol. The van der Waals surface area contributed by atoms with Gasteiger partial charge >= 0.3 is 0 Å². The Hall–Kier alpha value is -2.87. The van der Waals surface area contributed by atoms with Crippen LogP contribution >= 0.6 is 0 Å². The Kier molecular flexibility index (Phi) is 4.52. The summed E-state index contributed by atoms with van der Waals surface area (Å²) < 4.78 is 18.5. The number of hydrogen-bond acceptors (Lipinski definition) is 3. The summed E-state index contributed by atoms with van der Waals surface area (Å²) in [5, 5.41) is 11.6. The topological polar surface area (TPSA) is 66.0 Å². The molecular weight excluding hydrogens is 271 g/mol. The van der Waals surface area contributed by atoms with E-state index >= 15 is 0 Å². The Morgan fingerprint density at radius 3 is 2.90 bits per heavy atom. The van der Waals surface area contributed by atoms with Crippen molar-refractivity contribution in [2.24, 2.45) is 0 Å². The van der Waals surface area contributed by atoms with Crippen molar-refractivity contribution in [2.75, 3.05) is 0 Å². The first-order valence-electron chi connectivity index (χ1n) is 6.28. The predicted octanol–water partition coefficient (Wildman–Crippen LogP) is 2.95. The van der Waals surface area contributed by atoms with Gasteiger partial charge in [-0.25, -0.2) is 4.39 Å². The molecule has 0 fully saturated rings. The monoisotopic (exact) mass is 284 g/mol. The standard InChI is InChI=1S/C16H13FN2O2/c1-11-4-5-12(8-15(11)17)7-13(9-18)16(20)19-10-14-3-2-6-21-14/h2-8H,10H2,1H3,(H,19,20)/b13-7+. The largest absolute Gasteiger partial charge is 0.467 e. The van der Waals surface area contributed by atoms with Crippen molar-refractivity contribution in [1.82, 2.24) is 5.32 Å². The normalized spacial score (nSPS) is 11.0. The maximum atomic E-state index is 13.4. The fourth-order valence-corrected chi connectivity index (χ4v) is 1.69. The molecule has 1 aromatic heterocycles. The lowest BCUT2D eigenvalue weighted by Crippen LogP contribution is -2.23. The van der Waals surface area contributed by atoms with E-state index in [1.807, 2.05) is 6.07 Å². The molecule has 1 heterocycles. The van der Waals surface area contributed by atoms with Crippen LogP contribution in [0.15, 0.2) is 46.6 Å². The zero-order chi connectivity index (χ0) is 15.2. The van der Waals surface area contributed by atoms with Gasteiger partial charge < -0.3 is 9.73 Å². The molecule has 0 saturated carbocycles. The van der Waals surface area contributed by atoms with E-state index in [1.54, 1.807) is 31.2 Å². The minimum absolute atomic E-state index is 0.0928. The molecule has 2 aromatic rings. The molecule has 1 aromatic carbocycles. The van der Waals surface area contributed by atoms with Gasteiger partial charge in [0.05, 0.1) is 12.8 Å². The lowest BCUT2D eigenvalue weighted by molar-refractivity contribution is -0.117. The number of hydrogen-bond donors (Lipinski definition) is 1. The van der Waals surface area contributed by atoms with Crippen molar-refractivity contribution >= 4 is 12.0 Å². The lowest BCUT2D eigenvalue weighted by Gasteiger charge is -2.03. The summed E-state index contributed by atoms with van der Waals surface area (Å²) in [5.41, 5.74) is 0.875. The van der Waals surface area contributed by atoms with E-state index in [-0.39, 0.29) is 17.9 Å². The molecule has 1 amide bonds. The molecule has 21 heavy (non-hydrogen) atoms. The molecular formula is C16H13FN2O2. The lowest BCUT2D eigenvalue weighted by atomic mass is 10.1. The van der Waals surface area contributed by atoms with Crippen molar-refractivity contribution in [2.45, 2.75) is 13.5 Å². The number of nitrogens with one attached hydrogen (secondary N) is 1. The minimum atomic E-state index is -0.533. The molecule has 106 valence electrons. The summed E-state index contributed by atoms with van der Waals surface area (Å²) in [4.78, 5) is 11.9. The summed E-state index contributed by atoms with van der Waals surface area (Å²) in [5.74, 6) is -0.325. The third kappa shape index (κ3) is 3.80. The molecule has 0 atom stereocenters. The molecule has 0 aliphatic rings. The molecule has 0 aliphatic carbocycles. The molecule has 1 N–H and O–H groups in total. The summed E-state index contributed by atoms with van der Waals surface area (Å²) in [6.45, 7) is 1.83. The summed E-state index contributed by atoms with van der Waals surface area (Å²) >= 11 is 0. The van der Waals surface area contributed by atoms with E-state index < -0.39 is 5.91 Å². The van der Waals surface area contributed by atoms with Gasteiger partial charge in [0, 0.05) is 0 Å². The fourth-order valence-electron chi connectivity index (χ4n) is 1.69. The van der Waals surface area contributed by atoms with Gasteiger partial charge in [-0.1, -0.05) is 12.1 Å². The average Bonchev–Trinajstić information content (AvgIpc) is 2.99. The van der Waals surface area contributed by atoms with E-state index in [0.29, 0.717) is 16.9 Å². The van der Waals surface area contributed by atoms with Crippen LogP contribution in [0.1, 0.15) is 16.9 Å². The van der Waals surface area contributed by atoms with E-state index in [1.165, 1.54) is 18.4 Å².